The van der Waals surface area contributed by atoms with Gasteiger partial charge >= 0.3 is 5.69 Å². The Bertz CT molecular complexity index is 1140. The van der Waals surface area contributed by atoms with Crippen LogP contribution in [0.15, 0.2) is 41.3 Å². The molecule has 0 spiro atoms. The van der Waals surface area contributed by atoms with Crippen molar-refractivity contribution < 1.29 is 13.6 Å². The third-order valence-electron chi connectivity index (χ3n) is 5.72. The number of amides is 1. The highest BCUT2D eigenvalue weighted by molar-refractivity contribution is 5.97. The molecule has 2 aromatic heterocycles. The molecule has 1 aromatic carbocycles. The molecule has 2 heterocycles. The zero-order chi connectivity index (χ0) is 21.5. The van der Waals surface area contributed by atoms with Crippen LogP contribution in [-0.2, 0) is 13.6 Å². The largest absolute Gasteiger partial charge is 0.356 e. The fourth-order valence-corrected chi connectivity index (χ4v) is 3.84. The number of hydrogen-bond donors (Lipinski definition) is 2. The number of aromatic amines is 1. The number of aromatic nitrogens is 3. The fraction of sp³-hybridized carbons (Fsp3) is 0.381. The Morgan fingerprint density at radius 2 is 2.17 bits per heavy atom. The number of carbonyl (C=O) groups excluding carboxylic acids is 1. The highest BCUT2D eigenvalue weighted by Gasteiger charge is 2.41. The number of aryl methyl sites for hydroxylation is 1. The van der Waals surface area contributed by atoms with Crippen LogP contribution < -0.4 is 15.9 Å². The number of halogens is 2. The molecule has 0 bridgehead atoms. The maximum absolute atomic E-state index is 13.5. The van der Waals surface area contributed by atoms with Crippen LogP contribution in [0.1, 0.15) is 35.2 Å². The van der Waals surface area contributed by atoms with E-state index in [2.05, 4.69) is 15.3 Å². The summed E-state index contributed by atoms with van der Waals surface area (Å²) >= 11 is 0. The molecular formula is C21H23F2N5O2. The van der Waals surface area contributed by atoms with Crippen molar-refractivity contribution in [3.63, 3.8) is 0 Å². The molecular weight excluding hydrogens is 392 g/mol. The molecule has 3 aromatic rings. The van der Waals surface area contributed by atoms with E-state index in [4.69, 9.17) is 0 Å². The van der Waals surface area contributed by atoms with Gasteiger partial charge in [0.25, 0.3) is 5.91 Å². The van der Waals surface area contributed by atoms with Gasteiger partial charge in [0.1, 0.15) is 5.82 Å². The quantitative estimate of drug-likeness (QED) is 0.671. The molecule has 30 heavy (non-hydrogen) atoms. The number of pyridine rings is 1. The molecule has 7 nitrogen and oxygen atoms in total. The molecule has 1 amide bonds. The number of nitrogens with one attached hydrogen (secondary N) is 2. The van der Waals surface area contributed by atoms with E-state index >= 15 is 0 Å². The van der Waals surface area contributed by atoms with Crippen LogP contribution in [0.3, 0.4) is 0 Å². The molecule has 1 saturated carbocycles. The topological polar surface area (TPSA) is 83.0 Å². The minimum atomic E-state index is -2.60. The summed E-state index contributed by atoms with van der Waals surface area (Å²) in [4.78, 5) is 33.0. The number of carbonyl (C=O) groups is 1. The summed E-state index contributed by atoms with van der Waals surface area (Å²) in [5.74, 6) is -2.24. The molecule has 1 atom stereocenters. The SMILES string of the molecule is CN(c1ccc(CNC(=O)c2ccc3c(c2)[nH]c(=O)n3C)cn1)[C@@H]1CCC(F)(F)C1. The average Bonchev–Trinajstić information content (AvgIpc) is 3.24. The van der Waals surface area contributed by atoms with Gasteiger partial charge in [-0.05, 0) is 36.2 Å². The van der Waals surface area contributed by atoms with Crippen molar-refractivity contribution in [3.8, 4) is 0 Å². The third-order valence-corrected chi connectivity index (χ3v) is 5.72. The summed E-state index contributed by atoms with van der Waals surface area (Å²) in [6, 6.07) is 8.40. The Balaban J connectivity index is 1.38. The van der Waals surface area contributed by atoms with Crippen LogP contribution >= 0.6 is 0 Å². The summed E-state index contributed by atoms with van der Waals surface area (Å²) in [6.07, 6.45) is 1.84. The second-order valence-corrected chi connectivity index (χ2v) is 7.79. The monoisotopic (exact) mass is 415 g/mol. The molecule has 0 unspecified atom stereocenters. The highest BCUT2D eigenvalue weighted by atomic mass is 19.3. The Kier molecular flexibility index (Phi) is 5.05. The van der Waals surface area contributed by atoms with Gasteiger partial charge in [0, 0.05) is 51.3 Å². The minimum absolute atomic E-state index is 0.0885. The van der Waals surface area contributed by atoms with Gasteiger partial charge in [-0.2, -0.15) is 0 Å². The molecule has 1 aliphatic carbocycles. The smallest absolute Gasteiger partial charge is 0.326 e. The summed E-state index contributed by atoms with van der Waals surface area (Å²) in [5, 5.41) is 2.83. The van der Waals surface area contributed by atoms with E-state index in [0.717, 1.165) is 11.1 Å². The molecule has 4 rings (SSSR count). The van der Waals surface area contributed by atoms with E-state index < -0.39 is 5.92 Å². The third kappa shape index (κ3) is 3.92. The van der Waals surface area contributed by atoms with Crippen LogP contribution in [0.2, 0.25) is 0 Å². The van der Waals surface area contributed by atoms with Gasteiger partial charge in [0.05, 0.1) is 11.0 Å². The predicted molar refractivity (Wildman–Crippen MR) is 110 cm³/mol. The number of rotatable bonds is 5. The number of alkyl halides is 2. The first kappa shape index (κ1) is 20.1. The van der Waals surface area contributed by atoms with E-state index in [-0.39, 0.29) is 37.0 Å². The summed E-state index contributed by atoms with van der Waals surface area (Å²) in [5.41, 5.74) is 2.32. The van der Waals surface area contributed by atoms with Gasteiger partial charge in [0.15, 0.2) is 0 Å². The maximum Gasteiger partial charge on any atom is 0.326 e. The number of fused-ring (bicyclic) bond motifs is 1. The molecule has 0 saturated heterocycles. The van der Waals surface area contributed by atoms with E-state index in [9.17, 15) is 18.4 Å². The molecule has 158 valence electrons. The summed E-state index contributed by atoms with van der Waals surface area (Å²) in [6.45, 7) is 0.278. The highest BCUT2D eigenvalue weighted by Crippen LogP contribution is 2.37. The Morgan fingerprint density at radius 1 is 1.37 bits per heavy atom. The maximum atomic E-state index is 13.5. The molecule has 1 aliphatic rings. The number of imidazole rings is 1. The zero-order valence-electron chi connectivity index (χ0n) is 16.8. The van der Waals surface area contributed by atoms with Gasteiger partial charge in [-0.15, -0.1) is 0 Å². The van der Waals surface area contributed by atoms with E-state index in [1.165, 1.54) is 4.57 Å². The second-order valence-electron chi connectivity index (χ2n) is 7.79. The molecule has 9 heteroatoms. The van der Waals surface area contributed by atoms with Crippen LogP contribution in [0.25, 0.3) is 11.0 Å². The number of nitrogens with zero attached hydrogens (tertiary/aromatic N) is 3. The molecule has 0 aliphatic heterocycles. The molecule has 0 radical (unpaired) electrons. The van der Waals surface area contributed by atoms with Gasteiger partial charge in [-0.1, -0.05) is 6.07 Å². The number of hydrogen-bond acceptors (Lipinski definition) is 4. The van der Waals surface area contributed by atoms with Crippen molar-refractivity contribution in [2.45, 2.75) is 37.8 Å². The lowest BCUT2D eigenvalue weighted by atomic mass is 10.1. The molecule has 1 fully saturated rings. The van der Waals surface area contributed by atoms with Crippen molar-refractivity contribution >= 4 is 22.8 Å². The zero-order valence-corrected chi connectivity index (χ0v) is 16.8. The lowest BCUT2D eigenvalue weighted by Gasteiger charge is -2.25. The second kappa shape index (κ2) is 7.55. The van der Waals surface area contributed by atoms with Gasteiger partial charge < -0.3 is 15.2 Å². The van der Waals surface area contributed by atoms with E-state index in [0.29, 0.717) is 23.3 Å². The lowest BCUT2D eigenvalue weighted by molar-refractivity contribution is 0.00785. The van der Waals surface area contributed by atoms with Gasteiger partial charge in [-0.25, -0.2) is 18.6 Å². The van der Waals surface area contributed by atoms with E-state index in [1.807, 2.05) is 6.07 Å². The summed E-state index contributed by atoms with van der Waals surface area (Å²) < 4.78 is 28.4. The first-order chi connectivity index (χ1) is 14.2. The number of benzene rings is 1. The van der Waals surface area contributed by atoms with Crippen LogP contribution in [0, 0.1) is 0 Å². The first-order valence-corrected chi connectivity index (χ1v) is 9.76. The fourth-order valence-electron chi connectivity index (χ4n) is 3.84. The van der Waals surface area contributed by atoms with Crippen LogP contribution in [-0.4, -0.2) is 39.5 Å². The Hall–Kier alpha value is -3.23. The van der Waals surface area contributed by atoms with Crippen LogP contribution in [0.5, 0.6) is 0 Å². The standard InChI is InChI=1S/C21H23F2N5O2/c1-27(15-7-8-21(22,23)10-15)18-6-3-13(11-24-18)12-25-19(29)14-4-5-17-16(9-14)26-20(30)28(17)2/h3-6,9,11,15H,7-8,10,12H2,1-2H3,(H,25,29)(H,26,30)/t15-/m1/s1. The van der Waals surface area contributed by atoms with Gasteiger partial charge in [0.2, 0.25) is 5.92 Å². The Morgan fingerprint density at radius 3 is 2.83 bits per heavy atom. The van der Waals surface area contributed by atoms with Crippen LogP contribution in [0.4, 0.5) is 14.6 Å². The Labute approximate surface area is 171 Å². The normalized spacial score (nSPS) is 17.9. The number of anilines is 1. The minimum Gasteiger partial charge on any atom is -0.356 e. The van der Waals surface area contributed by atoms with Crippen molar-refractivity contribution in [2.75, 3.05) is 11.9 Å². The average molecular weight is 415 g/mol. The summed E-state index contributed by atoms with van der Waals surface area (Å²) in [7, 11) is 3.44. The van der Waals surface area contributed by atoms with Crippen molar-refractivity contribution in [1.82, 2.24) is 19.9 Å². The van der Waals surface area contributed by atoms with Gasteiger partial charge in [-0.3, -0.25) is 9.36 Å². The van der Waals surface area contributed by atoms with Crippen molar-refractivity contribution in [1.29, 1.82) is 0 Å². The number of H-pyrrole nitrogens is 1. The first-order valence-electron chi connectivity index (χ1n) is 9.76. The van der Waals surface area contributed by atoms with Crippen molar-refractivity contribution in [2.24, 2.45) is 7.05 Å². The predicted octanol–water partition coefficient (Wildman–Crippen LogP) is 2.82. The lowest BCUT2D eigenvalue weighted by Crippen LogP contribution is -2.31. The molecule has 2 N–H and O–H groups in total. The van der Waals surface area contributed by atoms with E-state index in [1.54, 1.807) is 49.5 Å². The van der Waals surface area contributed by atoms with Crippen molar-refractivity contribution in [3.05, 3.63) is 58.1 Å².